The third kappa shape index (κ3) is 5.67. The van der Waals surface area contributed by atoms with Crippen LogP contribution in [0.1, 0.15) is 48.9 Å². The van der Waals surface area contributed by atoms with Crippen LogP contribution in [0.4, 0.5) is 0 Å². The molecule has 0 spiro atoms. The number of hydrogen-bond donors (Lipinski definition) is 0. The number of rotatable bonds is 3. The van der Waals surface area contributed by atoms with E-state index in [0.29, 0.717) is 5.92 Å². The van der Waals surface area contributed by atoms with Crippen LogP contribution in [0.15, 0.2) is 70.9 Å². The summed E-state index contributed by atoms with van der Waals surface area (Å²) in [5, 5.41) is 10.7. The molecule has 37 heavy (non-hydrogen) atoms. The molecule has 0 N–H and O–H groups in total. The maximum absolute atomic E-state index is 2.50. The van der Waals surface area contributed by atoms with Crippen molar-refractivity contribution < 1.29 is 51.0 Å². The van der Waals surface area contributed by atoms with Crippen LogP contribution < -0.4 is 30.0 Å². The first-order valence-corrected chi connectivity index (χ1v) is 20.1. The summed E-state index contributed by atoms with van der Waals surface area (Å²) in [6.07, 6.45) is 0. The van der Waals surface area contributed by atoms with Gasteiger partial charge in [-0.1, -0.05) is 98.4 Å². The molecule has 1 unspecified atom stereocenters. The molecule has 7 rings (SSSR count). The van der Waals surface area contributed by atoms with Crippen molar-refractivity contribution in [2.75, 3.05) is 0 Å². The Morgan fingerprint density at radius 2 is 1.57 bits per heavy atom. The summed E-state index contributed by atoms with van der Waals surface area (Å²) in [4.78, 5) is 0. The van der Waals surface area contributed by atoms with Gasteiger partial charge in [-0.15, -0.1) is 34.5 Å². The van der Waals surface area contributed by atoms with Crippen molar-refractivity contribution in [3.63, 3.8) is 0 Å². The van der Waals surface area contributed by atoms with Gasteiger partial charge in [-0.25, -0.2) is 0 Å². The summed E-state index contributed by atoms with van der Waals surface area (Å²) >= 11 is 1.87. The average molecular weight is 660 g/mol. The molecule has 6 heteroatoms. The van der Waals surface area contributed by atoms with Gasteiger partial charge in [-0.3, -0.25) is 0 Å². The number of halogens is 2. The summed E-state index contributed by atoms with van der Waals surface area (Å²) in [5.41, 5.74) is 9.95. The number of allylic oxidation sites excluding steroid dienone is 1. The van der Waals surface area contributed by atoms with Crippen LogP contribution in [0.5, 0.6) is 0 Å². The van der Waals surface area contributed by atoms with Crippen molar-refractivity contribution in [2.24, 2.45) is 0 Å². The van der Waals surface area contributed by atoms with Gasteiger partial charge in [-0.05, 0) is 40.3 Å². The molecule has 2 bridgehead atoms. The fourth-order valence-electron chi connectivity index (χ4n) is 6.17. The van der Waals surface area contributed by atoms with E-state index in [4.69, 9.17) is 0 Å². The number of fused-ring (bicyclic) bond motifs is 1. The van der Waals surface area contributed by atoms with Gasteiger partial charge in [0.2, 0.25) is 0 Å². The molecule has 0 amide bonds. The topological polar surface area (TPSA) is 0 Å². The van der Waals surface area contributed by atoms with Crippen LogP contribution in [0.25, 0.3) is 27.1 Å². The van der Waals surface area contributed by atoms with Crippen LogP contribution >= 0.6 is 11.3 Å². The van der Waals surface area contributed by atoms with Gasteiger partial charge in [0.05, 0.1) is 16.1 Å². The minimum Gasteiger partial charge on any atom is -1.00 e. The van der Waals surface area contributed by atoms with Crippen LogP contribution in [-0.4, -0.2) is 16.1 Å². The van der Waals surface area contributed by atoms with E-state index in [0.717, 1.165) is 5.54 Å². The molecule has 0 saturated carbocycles. The molecule has 193 valence electrons. The second-order valence-corrected chi connectivity index (χ2v) is 22.4. The maximum atomic E-state index is 2.50. The van der Waals surface area contributed by atoms with Gasteiger partial charge in [-0.2, -0.15) is 17.4 Å². The zero-order valence-corrected chi connectivity index (χ0v) is 30.0. The summed E-state index contributed by atoms with van der Waals surface area (Å²) in [6, 6.07) is 20.6. The van der Waals surface area contributed by atoms with Crippen molar-refractivity contribution in [1.29, 1.82) is 0 Å². The number of hydrogen-bond acceptors (Lipinski definition) is 1. The SMILES string of the molecule is CC(C)c1cc2c(-c3ccc([Si](C)(C)C)cc3)cccc2[cH-]1.CC1=C2c3cscc3C1[Si]2(C)C.[Cl-].[Cl-].[Zr+3]. The van der Waals surface area contributed by atoms with E-state index in [1.54, 1.807) is 21.9 Å². The predicted molar refractivity (Wildman–Crippen MR) is 159 cm³/mol. The van der Waals surface area contributed by atoms with E-state index in [2.05, 4.69) is 119 Å². The third-order valence-electron chi connectivity index (χ3n) is 7.97. The van der Waals surface area contributed by atoms with Gasteiger partial charge < -0.3 is 24.8 Å². The Labute approximate surface area is 261 Å². The molecule has 1 aliphatic carbocycles. The number of benzene rings is 2. The monoisotopic (exact) mass is 657 g/mol. The van der Waals surface area contributed by atoms with Gasteiger partial charge in [0, 0.05) is 5.54 Å². The molecule has 3 aliphatic rings. The molecule has 1 radical (unpaired) electrons. The van der Waals surface area contributed by atoms with E-state index in [9.17, 15) is 0 Å². The van der Waals surface area contributed by atoms with Crippen LogP contribution in [0, 0.1) is 0 Å². The molecule has 4 aromatic rings. The zero-order valence-electron chi connectivity index (χ0n) is 23.2. The first-order chi connectivity index (χ1) is 16.0. The summed E-state index contributed by atoms with van der Waals surface area (Å²) < 4.78 is 0. The van der Waals surface area contributed by atoms with Gasteiger partial charge in [0.1, 0.15) is 0 Å². The van der Waals surface area contributed by atoms with Crippen LogP contribution in [0.3, 0.4) is 0 Å². The maximum Gasteiger partial charge on any atom is 3.00 e. The fraction of sp³-hybridized carbons (Fsp3) is 0.323. The smallest absolute Gasteiger partial charge is 1.00 e. The molecule has 1 atom stereocenters. The zero-order chi connectivity index (χ0) is 24.4. The van der Waals surface area contributed by atoms with Gasteiger partial charge in [0.25, 0.3) is 0 Å². The second kappa shape index (κ2) is 11.9. The Kier molecular flexibility index (Phi) is 10.5. The molecular weight excluding hydrogens is 623 g/mol. The molecule has 3 heterocycles. The summed E-state index contributed by atoms with van der Waals surface area (Å²) in [7, 11) is -2.20. The first-order valence-electron chi connectivity index (χ1n) is 12.6. The largest absolute Gasteiger partial charge is 3.00 e. The third-order valence-corrected chi connectivity index (χ3v) is 14.9. The molecule has 0 fully saturated rings. The Morgan fingerprint density at radius 3 is 2.11 bits per heavy atom. The fourth-order valence-corrected chi connectivity index (χ4v) is 12.8. The summed E-state index contributed by atoms with van der Waals surface area (Å²) in [5.74, 6) is 0.578. The predicted octanol–water partition coefficient (Wildman–Crippen LogP) is 3.32. The molecule has 0 saturated heterocycles. The van der Waals surface area contributed by atoms with Crippen molar-refractivity contribution >= 4 is 48.6 Å². The quantitative estimate of drug-likeness (QED) is 0.234. The van der Waals surface area contributed by atoms with Crippen molar-refractivity contribution in [3.05, 3.63) is 87.6 Å². The summed E-state index contributed by atoms with van der Waals surface area (Å²) in [6.45, 7) is 19.0. The van der Waals surface area contributed by atoms with Crippen molar-refractivity contribution in [2.45, 2.75) is 65.0 Å². The molecule has 1 aromatic heterocycles. The Bertz CT molecular complexity index is 1410. The van der Waals surface area contributed by atoms with E-state index in [-0.39, 0.29) is 51.0 Å². The molecule has 0 nitrogen and oxygen atoms in total. The van der Waals surface area contributed by atoms with Crippen molar-refractivity contribution in [3.8, 4) is 11.1 Å². The Hall–Kier alpha value is -0.613. The second-order valence-electron chi connectivity index (χ2n) is 12.0. The van der Waals surface area contributed by atoms with Crippen LogP contribution in [-0.2, 0) is 26.2 Å². The standard InChI is InChI=1S/C21H25Si.C10H12SSi.2ClH.Zr/c1-15(2)18-13-17-7-6-8-20(21(17)14-18)16-9-11-19(12-10-16)22(3,4)5;1-6-9-7-4-11-5-8(7)10(6)12(9,2)3;;;/h6-15H,1-5H3;4-5,9H,1-3H3;2*1H;/q-1;;;;+3/p-2. The van der Waals surface area contributed by atoms with Crippen molar-refractivity contribution in [1.82, 2.24) is 0 Å². The van der Waals surface area contributed by atoms with Crippen LogP contribution in [0.2, 0.25) is 32.7 Å². The number of thiophene rings is 1. The minimum absolute atomic E-state index is 0. The van der Waals surface area contributed by atoms with E-state index < -0.39 is 16.1 Å². The van der Waals surface area contributed by atoms with E-state index in [1.807, 2.05) is 11.3 Å². The Morgan fingerprint density at radius 1 is 0.919 bits per heavy atom. The van der Waals surface area contributed by atoms with Gasteiger partial charge in [0.15, 0.2) is 0 Å². The van der Waals surface area contributed by atoms with E-state index >= 15 is 0 Å². The molecule has 3 aromatic carbocycles. The van der Waals surface area contributed by atoms with Gasteiger partial charge >= 0.3 is 26.2 Å². The first kappa shape index (κ1) is 32.6. The molecule has 2 aliphatic heterocycles. The average Bonchev–Trinajstić information content (AvgIpc) is 3.50. The minimum atomic E-state index is -1.22. The normalized spacial score (nSPS) is 16.6. The van der Waals surface area contributed by atoms with E-state index in [1.165, 1.54) is 32.6 Å². The molecular formula is C31H37Cl2SSi2Zr. The Balaban J connectivity index is 0.000000274.